The molecule has 0 radical (unpaired) electrons. The third kappa shape index (κ3) is 2.47. The highest BCUT2D eigenvalue weighted by molar-refractivity contribution is 7.95. The van der Waals surface area contributed by atoms with Crippen molar-refractivity contribution in [3.8, 4) is 0 Å². The van der Waals surface area contributed by atoms with Crippen LogP contribution in [0.25, 0.3) is 0 Å². The van der Waals surface area contributed by atoms with Crippen molar-refractivity contribution < 1.29 is 3.89 Å². The average Bonchev–Trinajstić information content (AvgIpc) is 2.59. The minimum Gasteiger partial charge on any atom is -0.164 e. The highest BCUT2D eigenvalue weighted by Crippen LogP contribution is 2.48. The van der Waals surface area contributed by atoms with Crippen LogP contribution in [0.2, 0.25) is 0 Å². The van der Waals surface area contributed by atoms with Gasteiger partial charge in [0.15, 0.2) is 0 Å². The molecule has 0 N–H and O–H groups in total. The third-order valence-electron chi connectivity index (χ3n) is 3.66. The van der Waals surface area contributed by atoms with Crippen molar-refractivity contribution in [2.45, 2.75) is 4.75 Å². The first kappa shape index (κ1) is 13.9. The average molecular weight is 294 g/mol. The van der Waals surface area contributed by atoms with Crippen LogP contribution >= 0.6 is 12.1 Å². The van der Waals surface area contributed by atoms with Crippen LogP contribution in [-0.4, -0.2) is 0 Å². The van der Waals surface area contributed by atoms with Gasteiger partial charge in [-0.15, -0.1) is 0 Å². The molecule has 0 nitrogen and oxygen atoms in total. The Morgan fingerprint density at radius 3 is 1.05 bits per heavy atom. The normalized spacial score (nSPS) is 11.3. The maximum Gasteiger partial charge on any atom is 0.122 e. The Morgan fingerprint density at radius 1 is 0.524 bits per heavy atom. The van der Waals surface area contributed by atoms with E-state index in [0.29, 0.717) is 12.1 Å². The van der Waals surface area contributed by atoms with E-state index in [-0.39, 0.29) is 0 Å². The number of benzene rings is 3. The van der Waals surface area contributed by atoms with Crippen molar-refractivity contribution in [1.82, 2.24) is 0 Å². The molecule has 2 heteroatoms. The zero-order valence-electron chi connectivity index (χ0n) is 11.4. The van der Waals surface area contributed by atoms with Crippen LogP contribution in [0.3, 0.4) is 0 Å². The van der Waals surface area contributed by atoms with E-state index in [4.69, 9.17) is 0 Å². The van der Waals surface area contributed by atoms with Crippen LogP contribution in [-0.2, 0) is 4.75 Å². The Balaban J connectivity index is 2.29. The Bertz CT molecular complexity index is 584. The van der Waals surface area contributed by atoms with Crippen LogP contribution in [0.1, 0.15) is 16.7 Å². The fourth-order valence-corrected chi connectivity index (χ4v) is 3.33. The summed E-state index contributed by atoms with van der Waals surface area (Å²) >= 11 is 0.377. The molecule has 0 unspecified atom stereocenters. The lowest BCUT2D eigenvalue weighted by Gasteiger charge is -2.31. The van der Waals surface area contributed by atoms with Gasteiger partial charge in [-0.05, 0) is 16.7 Å². The molecule has 0 saturated carbocycles. The minimum atomic E-state index is -0.830. The quantitative estimate of drug-likeness (QED) is 0.565. The van der Waals surface area contributed by atoms with Crippen LogP contribution < -0.4 is 0 Å². The smallest absolute Gasteiger partial charge is 0.122 e. The predicted molar refractivity (Wildman–Crippen MR) is 87.9 cm³/mol. The maximum atomic E-state index is 14.3. The second-order valence-corrected chi connectivity index (χ2v) is 5.62. The van der Waals surface area contributed by atoms with Crippen molar-refractivity contribution in [2.24, 2.45) is 0 Å². The maximum absolute atomic E-state index is 14.3. The molecule has 0 aliphatic rings. The lowest BCUT2D eigenvalue weighted by Crippen LogP contribution is -2.24. The molecule has 0 aromatic heterocycles. The molecule has 21 heavy (non-hydrogen) atoms. The summed E-state index contributed by atoms with van der Waals surface area (Å²) in [5.74, 6) is 0. The lowest BCUT2D eigenvalue weighted by molar-refractivity contribution is 0.825. The number of halogens is 1. The summed E-state index contributed by atoms with van der Waals surface area (Å²) in [4.78, 5) is 0. The molecule has 0 saturated heterocycles. The molecule has 0 fully saturated rings. The SMILES string of the molecule is FSC(c1ccccc1)(c1ccccc1)c1ccccc1. The van der Waals surface area contributed by atoms with Crippen molar-refractivity contribution >= 4 is 12.1 Å². The molecule has 3 aromatic rings. The van der Waals surface area contributed by atoms with E-state index in [2.05, 4.69) is 0 Å². The van der Waals surface area contributed by atoms with E-state index in [9.17, 15) is 3.89 Å². The Labute approximate surface area is 128 Å². The summed E-state index contributed by atoms with van der Waals surface area (Å²) in [6, 6.07) is 29.4. The van der Waals surface area contributed by atoms with Gasteiger partial charge >= 0.3 is 0 Å². The Morgan fingerprint density at radius 2 is 0.810 bits per heavy atom. The fourth-order valence-electron chi connectivity index (χ4n) is 2.65. The van der Waals surface area contributed by atoms with Crippen LogP contribution in [0, 0.1) is 0 Å². The molecule has 3 aromatic carbocycles. The lowest BCUT2D eigenvalue weighted by atomic mass is 9.84. The topological polar surface area (TPSA) is 0 Å². The Hall–Kier alpha value is -2.06. The summed E-state index contributed by atoms with van der Waals surface area (Å²) in [5.41, 5.74) is 2.82. The zero-order valence-corrected chi connectivity index (χ0v) is 12.3. The van der Waals surface area contributed by atoms with E-state index in [1.807, 2.05) is 91.0 Å². The van der Waals surface area contributed by atoms with Crippen LogP contribution in [0.4, 0.5) is 3.89 Å². The van der Waals surface area contributed by atoms with E-state index in [0.717, 1.165) is 16.7 Å². The van der Waals surface area contributed by atoms with Gasteiger partial charge in [-0.3, -0.25) is 0 Å². The molecule has 0 aliphatic carbocycles. The van der Waals surface area contributed by atoms with Gasteiger partial charge in [-0.1, -0.05) is 91.0 Å². The molecule has 0 spiro atoms. The monoisotopic (exact) mass is 294 g/mol. The van der Waals surface area contributed by atoms with Crippen molar-refractivity contribution in [3.63, 3.8) is 0 Å². The summed E-state index contributed by atoms with van der Waals surface area (Å²) in [6.07, 6.45) is 0. The summed E-state index contributed by atoms with van der Waals surface area (Å²) in [5, 5.41) is 0. The molecule has 0 atom stereocenters. The first-order valence-electron chi connectivity index (χ1n) is 6.84. The zero-order chi connectivity index (χ0) is 14.5. The van der Waals surface area contributed by atoms with E-state index in [1.165, 1.54) is 0 Å². The number of rotatable bonds is 4. The molecule has 0 aliphatic heterocycles. The van der Waals surface area contributed by atoms with Crippen LogP contribution in [0.5, 0.6) is 0 Å². The highest BCUT2D eigenvalue weighted by Gasteiger charge is 2.38. The molecule has 0 amide bonds. The standard InChI is InChI=1S/C19H15FS/c20-21-19(16-10-4-1-5-11-16,17-12-6-2-7-13-17)18-14-8-3-9-15-18/h1-15H. The first-order chi connectivity index (χ1) is 10.4. The fraction of sp³-hybridized carbons (Fsp3) is 0.0526. The number of hydrogen-bond donors (Lipinski definition) is 0. The van der Waals surface area contributed by atoms with E-state index >= 15 is 0 Å². The Kier molecular flexibility index (Phi) is 4.07. The van der Waals surface area contributed by atoms with Gasteiger partial charge < -0.3 is 0 Å². The van der Waals surface area contributed by atoms with Crippen molar-refractivity contribution in [1.29, 1.82) is 0 Å². The molecular weight excluding hydrogens is 279 g/mol. The van der Waals surface area contributed by atoms with Gasteiger partial charge in [0, 0.05) is 0 Å². The third-order valence-corrected chi connectivity index (χ3v) is 4.60. The molecular formula is C19H15FS. The second kappa shape index (κ2) is 6.15. The van der Waals surface area contributed by atoms with Crippen molar-refractivity contribution in [2.75, 3.05) is 0 Å². The highest BCUT2D eigenvalue weighted by atomic mass is 32.2. The molecule has 104 valence electrons. The summed E-state index contributed by atoms with van der Waals surface area (Å²) < 4.78 is 13.5. The van der Waals surface area contributed by atoms with E-state index < -0.39 is 4.75 Å². The minimum absolute atomic E-state index is 0.377. The number of hydrogen-bond acceptors (Lipinski definition) is 1. The predicted octanol–water partition coefficient (Wildman–Crippen LogP) is 5.60. The molecule has 3 rings (SSSR count). The van der Waals surface area contributed by atoms with E-state index in [1.54, 1.807) is 0 Å². The van der Waals surface area contributed by atoms with Crippen LogP contribution in [0.15, 0.2) is 91.0 Å². The van der Waals surface area contributed by atoms with Crippen molar-refractivity contribution in [3.05, 3.63) is 108 Å². The molecule has 0 bridgehead atoms. The first-order valence-corrected chi connectivity index (χ1v) is 7.56. The second-order valence-electron chi connectivity index (χ2n) is 4.86. The largest absolute Gasteiger partial charge is 0.164 e. The van der Waals surface area contributed by atoms with Gasteiger partial charge in [-0.2, -0.15) is 3.89 Å². The van der Waals surface area contributed by atoms with Gasteiger partial charge in [0.05, 0.1) is 12.1 Å². The summed E-state index contributed by atoms with van der Waals surface area (Å²) in [6.45, 7) is 0. The van der Waals surface area contributed by atoms with Gasteiger partial charge in [-0.25, -0.2) is 0 Å². The van der Waals surface area contributed by atoms with Gasteiger partial charge in [0.25, 0.3) is 0 Å². The van der Waals surface area contributed by atoms with Gasteiger partial charge in [0.1, 0.15) is 4.75 Å². The summed E-state index contributed by atoms with van der Waals surface area (Å²) in [7, 11) is 0. The van der Waals surface area contributed by atoms with Gasteiger partial charge in [0.2, 0.25) is 0 Å². The molecule has 0 heterocycles.